The smallest absolute Gasteiger partial charge is 0.483 e. The summed E-state index contributed by atoms with van der Waals surface area (Å²) in [6.45, 7) is 1.04. The zero-order valence-electron chi connectivity index (χ0n) is 16.8. The maximum absolute atomic E-state index is 13.0. The van der Waals surface area contributed by atoms with E-state index in [0.717, 1.165) is 5.69 Å². The van der Waals surface area contributed by atoms with Crippen molar-refractivity contribution >= 4 is 24.2 Å². The quantitative estimate of drug-likeness (QED) is 0.482. The Balaban J connectivity index is 0.000000730. The topological polar surface area (TPSA) is 128 Å². The summed E-state index contributed by atoms with van der Waals surface area (Å²) in [6.07, 6.45) is 4.26. The highest BCUT2D eigenvalue weighted by atomic mass is 16.8. The second kappa shape index (κ2) is 8.09. The van der Waals surface area contributed by atoms with Crippen LogP contribution in [-0.4, -0.2) is 73.0 Å². The van der Waals surface area contributed by atoms with Crippen molar-refractivity contribution in [2.24, 2.45) is 7.05 Å². The molecule has 1 amide bonds. The van der Waals surface area contributed by atoms with Gasteiger partial charge >= 0.3 is 6.16 Å². The van der Waals surface area contributed by atoms with Crippen molar-refractivity contribution in [3.05, 3.63) is 42.2 Å². The Morgan fingerprint density at radius 3 is 2.58 bits per heavy atom. The zero-order chi connectivity index (χ0) is 22.0. The highest BCUT2D eigenvalue weighted by Gasteiger charge is 2.45. The Kier molecular flexibility index (Phi) is 5.32. The first-order valence-corrected chi connectivity index (χ1v) is 9.66. The fraction of sp³-hybridized carbons (Fsp3) is 0.350. The average Bonchev–Trinajstić information content (AvgIpc) is 3.47. The molecule has 0 radical (unpaired) electrons. The minimum Gasteiger partial charge on any atom is -0.483 e. The lowest BCUT2D eigenvalue weighted by Crippen LogP contribution is -2.48. The lowest BCUT2D eigenvalue weighted by molar-refractivity contribution is -0.122. The minimum atomic E-state index is -0.619. The van der Waals surface area contributed by atoms with Crippen molar-refractivity contribution in [2.75, 3.05) is 19.7 Å². The van der Waals surface area contributed by atoms with Gasteiger partial charge < -0.3 is 24.0 Å². The van der Waals surface area contributed by atoms with E-state index in [1.54, 1.807) is 23.2 Å². The summed E-state index contributed by atoms with van der Waals surface area (Å²) in [5.41, 5.74) is 1.59. The first-order chi connectivity index (χ1) is 15.0. The van der Waals surface area contributed by atoms with Gasteiger partial charge in [-0.3, -0.25) is 14.0 Å². The van der Waals surface area contributed by atoms with Crippen LogP contribution in [0.3, 0.4) is 0 Å². The molecule has 1 N–H and O–H groups in total. The number of rotatable bonds is 2. The molecule has 0 aliphatic carbocycles. The van der Waals surface area contributed by atoms with Crippen LogP contribution in [0.4, 0.5) is 4.79 Å². The van der Waals surface area contributed by atoms with Crippen LogP contribution in [-0.2, 0) is 21.3 Å². The second-order valence-electron chi connectivity index (χ2n) is 7.40. The van der Waals surface area contributed by atoms with Gasteiger partial charge in [0.05, 0.1) is 11.3 Å². The lowest BCUT2D eigenvalue weighted by atomic mass is 9.92. The third-order valence-electron chi connectivity index (χ3n) is 5.54. The maximum Gasteiger partial charge on any atom is 0.509 e. The number of carbonyl (C=O) groups excluding carboxylic acids is 2. The van der Waals surface area contributed by atoms with Crippen molar-refractivity contribution in [2.45, 2.75) is 18.4 Å². The highest BCUT2D eigenvalue weighted by molar-refractivity contribution is 5.94. The molecule has 3 aromatic heterocycles. The summed E-state index contributed by atoms with van der Waals surface area (Å²) in [6, 6.07) is 7.46. The van der Waals surface area contributed by atoms with Gasteiger partial charge in [0, 0.05) is 45.4 Å². The van der Waals surface area contributed by atoms with E-state index >= 15 is 0 Å². The summed E-state index contributed by atoms with van der Waals surface area (Å²) in [5, 5.41) is 15.4. The summed E-state index contributed by atoms with van der Waals surface area (Å²) >= 11 is 0. The van der Waals surface area contributed by atoms with Gasteiger partial charge in [-0.1, -0.05) is 0 Å². The summed E-state index contributed by atoms with van der Waals surface area (Å²) < 4.78 is 14.0. The molecule has 0 aromatic carbocycles. The maximum atomic E-state index is 13.0. The van der Waals surface area contributed by atoms with Crippen LogP contribution >= 0.6 is 0 Å². The largest absolute Gasteiger partial charge is 0.509 e. The van der Waals surface area contributed by atoms with Gasteiger partial charge in [-0.2, -0.15) is 0 Å². The van der Waals surface area contributed by atoms with E-state index in [0.29, 0.717) is 43.0 Å². The van der Waals surface area contributed by atoms with Gasteiger partial charge in [-0.25, -0.2) is 4.79 Å². The monoisotopic (exact) mass is 427 g/mol. The van der Waals surface area contributed by atoms with Gasteiger partial charge in [-0.15, -0.1) is 10.2 Å². The van der Waals surface area contributed by atoms with Gasteiger partial charge in [0.25, 0.3) is 12.4 Å². The number of nitrogens with zero attached hydrogens (tertiary/aromatic N) is 5. The molecule has 162 valence electrons. The van der Waals surface area contributed by atoms with Gasteiger partial charge in [0.15, 0.2) is 17.1 Å². The standard InChI is InChI=1S/C19H19N5O4.CH2O2/c1-22-8-2-3-14(22)16-21-20-15-5-4-13(11-24(15)16)17(25)23-9-6-19(7-10-23)12-27-18(26)28-19;2-1-3/h2-5,8,11H,6-7,9-10,12H2,1H3;1H,(H,2,3). The Bertz CT molecular complexity index is 1130. The molecular formula is C20H21N5O6. The van der Waals surface area contributed by atoms with Crippen LogP contribution in [0.2, 0.25) is 0 Å². The fourth-order valence-corrected chi connectivity index (χ4v) is 3.86. The van der Waals surface area contributed by atoms with E-state index < -0.39 is 11.8 Å². The van der Waals surface area contributed by atoms with E-state index in [1.165, 1.54) is 0 Å². The predicted octanol–water partition coefficient (Wildman–Crippen LogP) is 1.58. The summed E-state index contributed by atoms with van der Waals surface area (Å²) in [4.78, 5) is 34.4. The van der Waals surface area contributed by atoms with E-state index in [2.05, 4.69) is 10.2 Å². The van der Waals surface area contributed by atoms with Crippen molar-refractivity contribution in [1.29, 1.82) is 0 Å². The van der Waals surface area contributed by atoms with E-state index in [4.69, 9.17) is 19.4 Å². The number of aryl methyl sites for hydroxylation is 1. The zero-order valence-corrected chi connectivity index (χ0v) is 16.8. The molecule has 5 heterocycles. The molecule has 5 rings (SSSR count). The number of hydrogen-bond donors (Lipinski definition) is 1. The van der Waals surface area contributed by atoms with Crippen molar-refractivity contribution < 1.29 is 29.0 Å². The highest BCUT2D eigenvalue weighted by Crippen LogP contribution is 2.32. The molecule has 11 heteroatoms. The number of amides is 1. The third-order valence-corrected chi connectivity index (χ3v) is 5.54. The van der Waals surface area contributed by atoms with Crippen LogP contribution < -0.4 is 0 Å². The summed E-state index contributed by atoms with van der Waals surface area (Å²) in [7, 11) is 1.94. The number of fused-ring (bicyclic) bond motifs is 1. The Labute approximate surface area is 176 Å². The van der Waals surface area contributed by atoms with Gasteiger partial charge in [0.1, 0.15) is 6.61 Å². The van der Waals surface area contributed by atoms with Crippen LogP contribution in [0.15, 0.2) is 36.7 Å². The second-order valence-corrected chi connectivity index (χ2v) is 7.40. The van der Waals surface area contributed by atoms with Crippen molar-refractivity contribution in [3.8, 4) is 11.5 Å². The van der Waals surface area contributed by atoms with E-state index in [9.17, 15) is 9.59 Å². The van der Waals surface area contributed by atoms with Crippen LogP contribution in [0, 0.1) is 0 Å². The number of likely N-dealkylation sites (tertiary alicyclic amines) is 1. The van der Waals surface area contributed by atoms with Gasteiger partial charge in [-0.05, 0) is 24.3 Å². The molecule has 0 unspecified atom stereocenters. The molecular weight excluding hydrogens is 406 g/mol. The molecule has 11 nitrogen and oxygen atoms in total. The van der Waals surface area contributed by atoms with Crippen LogP contribution in [0.25, 0.3) is 17.2 Å². The van der Waals surface area contributed by atoms with Crippen LogP contribution in [0.5, 0.6) is 0 Å². The predicted molar refractivity (Wildman–Crippen MR) is 106 cm³/mol. The minimum absolute atomic E-state index is 0.0616. The molecule has 0 bridgehead atoms. The van der Waals surface area contributed by atoms with E-state index in [-0.39, 0.29) is 19.0 Å². The van der Waals surface area contributed by atoms with E-state index in [1.807, 2.05) is 34.3 Å². The molecule has 31 heavy (non-hydrogen) atoms. The molecule has 3 aromatic rings. The molecule has 2 fully saturated rings. The number of aromatic nitrogens is 4. The number of carboxylic acid groups (broad SMARTS) is 1. The number of carbonyl (C=O) groups is 3. The van der Waals surface area contributed by atoms with Crippen molar-refractivity contribution in [1.82, 2.24) is 24.1 Å². The third kappa shape index (κ3) is 3.81. The Hall–Kier alpha value is -3.89. The molecule has 1 spiro atoms. The molecule has 2 aliphatic heterocycles. The molecule has 0 saturated carbocycles. The molecule has 0 atom stereocenters. The lowest BCUT2D eigenvalue weighted by Gasteiger charge is -2.36. The fourth-order valence-electron chi connectivity index (χ4n) is 3.86. The number of pyridine rings is 1. The van der Waals surface area contributed by atoms with Crippen LogP contribution in [0.1, 0.15) is 23.2 Å². The Morgan fingerprint density at radius 2 is 1.97 bits per heavy atom. The first kappa shape index (κ1) is 20.4. The normalized spacial score (nSPS) is 17.1. The van der Waals surface area contributed by atoms with Gasteiger partial charge in [0.2, 0.25) is 0 Å². The SMILES string of the molecule is Cn1cccc1-c1nnc2ccc(C(=O)N3CCC4(CC3)COC(=O)O4)cn12.O=CO. The number of cyclic esters (lactones) is 1. The first-order valence-electron chi connectivity index (χ1n) is 9.66. The Morgan fingerprint density at radius 1 is 1.23 bits per heavy atom. The van der Waals surface area contributed by atoms with Crippen molar-refractivity contribution in [3.63, 3.8) is 0 Å². The number of piperidine rings is 1. The average molecular weight is 427 g/mol. The molecule has 2 saturated heterocycles. The number of hydrogen-bond acceptors (Lipinski definition) is 7. The summed E-state index contributed by atoms with van der Waals surface area (Å²) in [5.74, 6) is 0.623. The molecule has 2 aliphatic rings. The number of ether oxygens (including phenoxy) is 2.